The van der Waals surface area contributed by atoms with Crippen molar-refractivity contribution in [1.82, 2.24) is 14.8 Å². The highest BCUT2D eigenvalue weighted by Gasteiger charge is 2.17. The Hall–Kier alpha value is -3.19. The number of benzene rings is 3. The molecule has 0 unspecified atom stereocenters. The minimum atomic E-state index is -0.221. The van der Waals surface area contributed by atoms with E-state index >= 15 is 0 Å². The number of phenols is 2. The first-order chi connectivity index (χ1) is 13.4. The third-order valence-corrected chi connectivity index (χ3v) is 4.61. The van der Waals surface area contributed by atoms with Gasteiger partial charge in [-0.15, -0.1) is 22.8 Å². The zero-order valence-electron chi connectivity index (χ0n) is 15.4. The summed E-state index contributed by atoms with van der Waals surface area (Å²) >= 11 is 4.47. The van der Waals surface area contributed by atoms with Gasteiger partial charge in [0.2, 0.25) is 0 Å². The van der Waals surface area contributed by atoms with Crippen molar-refractivity contribution in [2.24, 2.45) is 0 Å². The van der Waals surface area contributed by atoms with Gasteiger partial charge in [-0.25, -0.2) is 0 Å². The minimum Gasteiger partial charge on any atom is -0.504 e. The first kappa shape index (κ1) is 18.2. The Bertz CT molecular complexity index is 1170. The molecule has 3 aromatic carbocycles. The fraction of sp³-hybridized carbons (Fsp3) is 0.143. The number of aromatic nitrogens is 3. The Morgan fingerprint density at radius 3 is 2.54 bits per heavy atom. The summed E-state index contributed by atoms with van der Waals surface area (Å²) in [7, 11) is 0. The average Bonchev–Trinajstić information content (AvgIpc) is 3.04. The van der Waals surface area contributed by atoms with E-state index in [-0.39, 0.29) is 17.6 Å². The van der Waals surface area contributed by atoms with E-state index in [4.69, 9.17) is 4.74 Å². The van der Waals surface area contributed by atoms with Crippen molar-refractivity contribution < 1.29 is 14.9 Å². The lowest BCUT2D eigenvalue weighted by atomic mass is 10.1. The van der Waals surface area contributed by atoms with Crippen LogP contribution in [-0.2, 0) is 0 Å². The summed E-state index contributed by atoms with van der Waals surface area (Å²) < 4.78 is 7.60. The summed E-state index contributed by atoms with van der Waals surface area (Å²) in [5.41, 5.74) is 1.46. The van der Waals surface area contributed by atoms with Crippen molar-refractivity contribution in [2.75, 3.05) is 0 Å². The molecular formula is C21H19N3O3S. The Morgan fingerprint density at radius 2 is 1.79 bits per heavy atom. The molecule has 0 aliphatic carbocycles. The maximum Gasteiger partial charge on any atom is 0.193 e. The summed E-state index contributed by atoms with van der Waals surface area (Å²) in [6, 6.07) is 16.4. The molecular weight excluding hydrogens is 374 g/mol. The summed E-state index contributed by atoms with van der Waals surface area (Å²) in [4.78, 5) is 0. The Kier molecular flexibility index (Phi) is 4.60. The van der Waals surface area contributed by atoms with E-state index in [1.807, 2.05) is 50.2 Å². The van der Waals surface area contributed by atoms with Crippen molar-refractivity contribution in [1.29, 1.82) is 0 Å². The van der Waals surface area contributed by atoms with Gasteiger partial charge in [-0.2, -0.15) is 0 Å². The molecule has 0 saturated carbocycles. The molecule has 4 rings (SSSR count). The second kappa shape index (κ2) is 7.09. The number of phenolic OH excluding ortho intramolecular Hbond substituents is 2. The van der Waals surface area contributed by atoms with Crippen molar-refractivity contribution >= 4 is 23.4 Å². The molecule has 1 heterocycles. The molecule has 4 aromatic rings. The van der Waals surface area contributed by atoms with Gasteiger partial charge in [-0.1, -0.05) is 12.1 Å². The van der Waals surface area contributed by atoms with Crippen molar-refractivity contribution in [2.45, 2.75) is 25.1 Å². The molecule has 0 bridgehead atoms. The monoisotopic (exact) mass is 393 g/mol. The second-order valence-corrected chi connectivity index (χ2v) is 7.09. The molecule has 0 aliphatic heterocycles. The highest BCUT2D eigenvalue weighted by atomic mass is 32.1. The quantitative estimate of drug-likeness (QED) is 0.349. The van der Waals surface area contributed by atoms with Gasteiger partial charge in [-0.3, -0.25) is 4.57 Å². The van der Waals surface area contributed by atoms with E-state index < -0.39 is 0 Å². The van der Waals surface area contributed by atoms with Crippen LogP contribution in [0.4, 0.5) is 0 Å². The number of ether oxygens (including phenoxy) is 1. The zero-order valence-corrected chi connectivity index (χ0v) is 16.3. The Morgan fingerprint density at radius 1 is 0.964 bits per heavy atom. The van der Waals surface area contributed by atoms with Gasteiger partial charge in [0, 0.05) is 10.9 Å². The standard InChI is InChI=1S/C21H19N3O3S/c1-12(2)27-15-7-8-16-13(10-15)4-3-5-17(16)24-20(22-23-21(24)28)14-6-9-18(25)19(26)11-14/h3-12,25-26H,1-2H3,(H,23,28). The maximum atomic E-state index is 9.86. The Labute approximate surface area is 167 Å². The van der Waals surface area contributed by atoms with E-state index in [0.29, 0.717) is 16.5 Å². The first-order valence-corrected chi connectivity index (χ1v) is 9.25. The van der Waals surface area contributed by atoms with E-state index in [9.17, 15) is 10.2 Å². The maximum absolute atomic E-state index is 9.86. The summed E-state index contributed by atoms with van der Waals surface area (Å²) in [5, 5.41) is 30.2. The van der Waals surface area contributed by atoms with Gasteiger partial charge in [0.05, 0.1) is 11.8 Å². The minimum absolute atomic E-state index is 0.0938. The predicted octanol–water partition coefficient (Wildman–Crippen LogP) is 4.57. The van der Waals surface area contributed by atoms with Gasteiger partial charge >= 0.3 is 0 Å². The molecule has 0 atom stereocenters. The lowest BCUT2D eigenvalue weighted by Crippen LogP contribution is -2.05. The molecule has 0 amide bonds. The number of fused-ring (bicyclic) bond motifs is 1. The first-order valence-electron chi connectivity index (χ1n) is 8.80. The van der Waals surface area contributed by atoms with Crippen LogP contribution in [-0.4, -0.2) is 31.1 Å². The smallest absolute Gasteiger partial charge is 0.193 e. The summed E-state index contributed by atoms with van der Waals surface area (Å²) in [6.07, 6.45) is 0.0938. The fourth-order valence-corrected chi connectivity index (χ4v) is 3.38. The van der Waals surface area contributed by atoms with Crippen LogP contribution >= 0.6 is 12.6 Å². The van der Waals surface area contributed by atoms with Crippen molar-refractivity contribution in [3.8, 4) is 34.3 Å². The lowest BCUT2D eigenvalue weighted by molar-refractivity contribution is 0.243. The molecule has 142 valence electrons. The molecule has 1 aromatic heterocycles. The molecule has 0 spiro atoms. The third kappa shape index (κ3) is 3.25. The van der Waals surface area contributed by atoms with Crippen LogP contribution in [0.5, 0.6) is 17.2 Å². The number of hydrogen-bond acceptors (Lipinski definition) is 6. The van der Waals surface area contributed by atoms with Gasteiger partial charge in [0.25, 0.3) is 0 Å². The van der Waals surface area contributed by atoms with E-state index in [2.05, 4.69) is 22.8 Å². The topological polar surface area (TPSA) is 80.4 Å². The number of thiol groups is 1. The molecule has 0 aliphatic rings. The lowest BCUT2D eigenvalue weighted by Gasteiger charge is -2.14. The highest BCUT2D eigenvalue weighted by molar-refractivity contribution is 7.80. The summed E-state index contributed by atoms with van der Waals surface area (Å²) in [5.74, 6) is 0.901. The van der Waals surface area contributed by atoms with Crippen LogP contribution in [0.25, 0.3) is 27.8 Å². The molecule has 0 radical (unpaired) electrons. The van der Waals surface area contributed by atoms with Crippen molar-refractivity contribution in [3.05, 3.63) is 54.6 Å². The number of aromatic hydroxyl groups is 2. The van der Waals surface area contributed by atoms with Crippen molar-refractivity contribution in [3.63, 3.8) is 0 Å². The van der Waals surface area contributed by atoms with E-state index in [1.165, 1.54) is 12.1 Å². The number of hydrogen-bond donors (Lipinski definition) is 3. The van der Waals surface area contributed by atoms with Crippen LogP contribution in [0.3, 0.4) is 0 Å². The van der Waals surface area contributed by atoms with Crippen LogP contribution < -0.4 is 4.74 Å². The van der Waals surface area contributed by atoms with Crippen LogP contribution in [0.15, 0.2) is 59.8 Å². The largest absolute Gasteiger partial charge is 0.504 e. The van der Waals surface area contributed by atoms with E-state index in [0.717, 1.165) is 22.2 Å². The normalized spacial score (nSPS) is 11.3. The summed E-state index contributed by atoms with van der Waals surface area (Å²) in [6.45, 7) is 3.98. The van der Waals surface area contributed by atoms with Crippen LogP contribution in [0, 0.1) is 0 Å². The molecule has 7 heteroatoms. The SMILES string of the molecule is CC(C)Oc1ccc2c(-n3c(S)nnc3-c3ccc(O)c(O)c3)cccc2c1. The fourth-order valence-electron chi connectivity index (χ4n) is 3.13. The zero-order chi connectivity index (χ0) is 19.8. The predicted molar refractivity (Wildman–Crippen MR) is 111 cm³/mol. The van der Waals surface area contributed by atoms with E-state index in [1.54, 1.807) is 10.6 Å². The second-order valence-electron chi connectivity index (χ2n) is 6.69. The molecule has 2 N–H and O–H groups in total. The number of nitrogens with zero attached hydrogens (tertiary/aromatic N) is 3. The molecule has 6 nitrogen and oxygen atoms in total. The molecule has 0 fully saturated rings. The van der Waals surface area contributed by atoms with Gasteiger partial charge in [0.1, 0.15) is 5.75 Å². The number of rotatable bonds is 4. The molecule has 28 heavy (non-hydrogen) atoms. The third-order valence-electron chi connectivity index (χ3n) is 4.32. The van der Waals surface area contributed by atoms with Crippen LogP contribution in [0.2, 0.25) is 0 Å². The average molecular weight is 393 g/mol. The van der Waals surface area contributed by atoms with Gasteiger partial charge < -0.3 is 14.9 Å². The van der Waals surface area contributed by atoms with Gasteiger partial charge in [-0.05, 0) is 61.7 Å². The highest BCUT2D eigenvalue weighted by Crippen LogP contribution is 2.34. The van der Waals surface area contributed by atoms with Crippen LogP contribution in [0.1, 0.15) is 13.8 Å². The molecule has 0 saturated heterocycles. The van der Waals surface area contributed by atoms with Gasteiger partial charge in [0.15, 0.2) is 22.5 Å². The Balaban J connectivity index is 1.89.